The lowest BCUT2D eigenvalue weighted by Gasteiger charge is -2.23. The number of aryl methyl sites for hydroxylation is 1. The van der Waals surface area contributed by atoms with Gasteiger partial charge in [0.1, 0.15) is 22.3 Å². The van der Waals surface area contributed by atoms with E-state index in [0.29, 0.717) is 33.1 Å². The summed E-state index contributed by atoms with van der Waals surface area (Å²) in [4.78, 5) is 36.1. The number of rotatable bonds is 7. The summed E-state index contributed by atoms with van der Waals surface area (Å²) < 4.78 is 5.10. The van der Waals surface area contributed by atoms with Gasteiger partial charge in [0.25, 0.3) is 5.56 Å². The Morgan fingerprint density at radius 1 is 1.41 bits per heavy atom. The number of esters is 1. The van der Waals surface area contributed by atoms with Crippen molar-refractivity contribution in [3.63, 3.8) is 0 Å². The Balaban J connectivity index is 1.97. The van der Waals surface area contributed by atoms with E-state index in [4.69, 9.17) is 9.72 Å². The molecule has 0 radical (unpaired) electrons. The van der Waals surface area contributed by atoms with Crippen LogP contribution in [0.25, 0.3) is 10.2 Å². The molecule has 0 saturated heterocycles. The number of carbonyl (C=O) groups is 1. The number of aromatic amines is 1. The molecule has 3 heterocycles. The molecule has 144 valence electrons. The largest absolute Gasteiger partial charge is 0.462 e. The number of ether oxygens (including phenoxy) is 1. The van der Waals surface area contributed by atoms with Gasteiger partial charge in [0.05, 0.1) is 23.4 Å². The van der Waals surface area contributed by atoms with E-state index in [9.17, 15) is 9.59 Å². The van der Waals surface area contributed by atoms with Crippen LogP contribution in [0.1, 0.15) is 52.7 Å². The molecular weight excluding hydrogens is 382 g/mol. The van der Waals surface area contributed by atoms with Gasteiger partial charge in [-0.05, 0) is 44.7 Å². The molecule has 0 aromatic carbocycles. The van der Waals surface area contributed by atoms with Gasteiger partial charge in [0, 0.05) is 0 Å². The van der Waals surface area contributed by atoms with Crippen molar-refractivity contribution in [1.82, 2.24) is 9.97 Å². The quantitative estimate of drug-likeness (QED) is 0.592. The summed E-state index contributed by atoms with van der Waals surface area (Å²) in [5.41, 5.74) is 0.442. The summed E-state index contributed by atoms with van der Waals surface area (Å²) in [6.07, 6.45) is 0. The maximum atomic E-state index is 12.7. The number of hydrogen-bond donors (Lipinski definition) is 2. The van der Waals surface area contributed by atoms with Crippen molar-refractivity contribution in [2.75, 3.05) is 13.2 Å². The van der Waals surface area contributed by atoms with Crippen molar-refractivity contribution < 1.29 is 14.4 Å². The number of quaternary nitrogens is 1. The number of thiophene rings is 2. The number of fused-ring (bicyclic) bond motifs is 1. The van der Waals surface area contributed by atoms with Gasteiger partial charge in [0.15, 0.2) is 5.82 Å². The molecule has 27 heavy (non-hydrogen) atoms. The van der Waals surface area contributed by atoms with Crippen LogP contribution in [0.5, 0.6) is 0 Å². The number of carbonyl (C=O) groups excluding carboxylic acids is 1. The minimum absolute atomic E-state index is 0.0302. The average molecular weight is 407 g/mol. The van der Waals surface area contributed by atoms with Gasteiger partial charge in [-0.3, -0.25) is 4.79 Å². The lowest BCUT2D eigenvalue weighted by molar-refractivity contribution is -0.941. The standard InChI is InChI=1S/C19H23N3O3S2/c1-5-22(10-13-8-7-9-26-13)12(4)16-20-17(23)14-11(3)15(19(24)25-6-2)27-18(14)21-16/h7-9,12H,5-6,10H2,1-4H3,(H,20,21,23)/p+1/t12-/m0/s1. The molecule has 1 unspecified atom stereocenters. The van der Waals surface area contributed by atoms with Crippen LogP contribution < -0.4 is 10.5 Å². The predicted octanol–water partition coefficient (Wildman–Crippen LogP) is 2.70. The zero-order chi connectivity index (χ0) is 19.6. The zero-order valence-electron chi connectivity index (χ0n) is 15.9. The van der Waals surface area contributed by atoms with Crippen LogP contribution in [0.2, 0.25) is 0 Å². The van der Waals surface area contributed by atoms with E-state index < -0.39 is 5.97 Å². The molecule has 3 aromatic rings. The molecule has 0 spiro atoms. The Hall–Kier alpha value is -2.03. The fraction of sp³-hybridized carbons (Fsp3) is 0.421. The van der Waals surface area contributed by atoms with Crippen LogP contribution in [-0.4, -0.2) is 29.1 Å². The van der Waals surface area contributed by atoms with Crippen molar-refractivity contribution >= 4 is 38.9 Å². The first-order valence-electron chi connectivity index (χ1n) is 9.03. The molecule has 6 nitrogen and oxygen atoms in total. The number of nitrogens with zero attached hydrogens (tertiary/aromatic N) is 1. The van der Waals surface area contributed by atoms with E-state index in [1.165, 1.54) is 21.1 Å². The maximum absolute atomic E-state index is 12.7. The summed E-state index contributed by atoms with van der Waals surface area (Å²) in [6.45, 7) is 9.84. The van der Waals surface area contributed by atoms with Crippen LogP contribution in [0.4, 0.5) is 0 Å². The normalized spacial score (nSPS) is 13.6. The summed E-state index contributed by atoms with van der Waals surface area (Å²) in [5.74, 6) is 0.253. The van der Waals surface area contributed by atoms with Crippen LogP contribution in [0, 0.1) is 6.92 Å². The summed E-state index contributed by atoms with van der Waals surface area (Å²) in [6, 6.07) is 4.21. The molecule has 0 aliphatic rings. The number of nitrogens with one attached hydrogen (secondary N) is 2. The van der Waals surface area contributed by atoms with Gasteiger partial charge in [0.2, 0.25) is 0 Å². The smallest absolute Gasteiger partial charge is 0.348 e. The molecule has 3 rings (SSSR count). The molecule has 0 aliphatic carbocycles. The molecule has 3 aromatic heterocycles. The average Bonchev–Trinajstić information content (AvgIpc) is 3.27. The molecule has 0 aliphatic heterocycles. The number of H-pyrrole nitrogens is 1. The van der Waals surface area contributed by atoms with Crippen LogP contribution in [0.3, 0.4) is 0 Å². The Morgan fingerprint density at radius 2 is 2.19 bits per heavy atom. The third kappa shape index (κ3) is 3.97. The summed E-state index contributed by atoms with van der Waals surface area (Å²) in [5, 5.41) is 2.56. The van der Waals surface area contributed by atoms with Gasteiger partial charge in [-0.15, -0.1) is 22.7 Å². The zero-order valence-corrected chi connectivity index (χ0v) is 17.6. The molecule has 0 bridgehead atoms. The van der Waals surface area contributed by atoms with Crippen molar-refractivity contribution in [3.8, 4) is 0 Å². The highest BCUT2D eigenvalue weighted by molar-refractivity contribution is 7.20. The third-order valence-electron chi connectivity index (χ3n) is 4.74. The highest BCUT2D eigenvalue weighted by Gasteiger charge is 2.25. The fourth-order valence-corrected chi connectivity index (χ4v) is 5.01. The van der Waals surface area contributed by atoms with Crippen LogP contribution in [-0.2, 0) is 11.3 Å². The second kappa shape index (κ2) is 8.33. The van der Waals surface area contributed by atoms with E-state index in [2.05, 4.69) is 36.3 Å². The summed E-state index contributed by atoms with van der Waals surface area (Å²) >= 11 is 2.97. The first kappa shape index (κ1) is 19.7. The van der Waals surface area contributed by atoms with Crippen molar-refractivity contribution in [2.24, 2.45) is 0 Å². The van der Waals surface area contributed by atoms with Crippen molar-refractivity contribution in [1.29, 1.82) is 0 Å². The Labute approximate surface area is 165 Å². The van der Waals surface area contributed by atoms with Gasteiger partial charge in [-0.25, -0.2) is 9.78 Å². The van der Waals surface area contributed by atoms with Crippen molar-refractivity contribution in [2.45, 2.75) is 40.3 Å². The molecule has 8 heteroatoms. The minimum Gasteiger partial charge on any atom is -0.462 e. The van der Waals surface area contributed by atoms with Crippen LogP contribution >= 0.6 is 22.7 Å². The Bertz CT molecular complexity index is 992. The molecule has 0 fully saturated rings. The summed E-state index contributed by atoms with van der Waals surface area (Å²) in [7, 11) is 0. The fourth-order valence-electron chi connectivity index (χ4n) is 3.17. The first-order valence-corrected chi connectivity index (χ1v) is 10.7. The van der Waals surface area contributed by atoms with Gasteiger partial charge < -0.3 is 14.6 Å². The Kier molecular flexibility index (Phi) is 6.08. The predicted molar refractivity (Wildman–Crippen MR) is 109 cm³/mol. The van der Waals surface area contributed by atoms with Gasteiger partial charge in [-0.1, -0.05) is 6.07 Å². The number of hydrogen-bond acceptors (Lipinski definition) is 6. The lowest BCUT2D eigenvalue weighted by atomic mass is 10.2. The third-order valence-corrected chi connectivity index (χ3v) is 6.78. The molecule has 0 saturated carbocycles. The molecule has 0 amide bonds. The van der Waals surface area contributed by atoms with Gasteiger partial charge >= 0.3 is 5.97 Å². The first-order chi connectivity index (χ1) is 13.0. The molecular formula is C19H24N3O3S2+. The van der Waals surface area contributed by atoms with Gasteiger partial charge in [-0.2, -0.15) is 0 Å². The highest BCUT2D eigenvalue weighted by Crippen LogP contribution is 2.28. The van der Waals surface area contributed by atoms with E-state index >= 15 is 0 Å². The maximum Gasteiger partial charge on any atom is 0.348 e. The molecule has 2 N–H and O–H groups in total. The molecule has 2 atom stereocenters. The van der Waals surface area contributed by atoms with Crippen LogP contribution in [0.15, 0.2) is 22.3 Å². The van der Waals surface area contributed by atoms with E-state index in [-0.39, 0.29) is 11.6 Å². The topological polar surface area (TPSA) is 76.5 Å². The highest BCUT2D eigenvalue weighted by atomic mass is 32.1. The van der Waals surface area contributed by atoms with Crippen molar-refractivity contribution in [3.05, 3.63) is 49.0 Å². The second-order valence-electron chi connectivity index (χ2n) is 6.40. The van der Waals surface area contributed by atoms with E-state index in [1.807, 2.05) is 0 Å². The Morgan fingerprint density at radius 3 is 2.81 bits per heavy atom. The monoisotopic (exact) mass is 406 g/mol. The second-order valence-corrected chi connectivity index (χ2v) is 8.43. The van der Waals surface area contributed by atoms with E-state index in [1.54, 1.807) is 25.2 Å². The SMILES string of the molecule is CCOC(=O)c1sc2nc([C@H](C)[NH+](CC)Cc3cccs3)[nH]c(=O)c2c1C. The van der Waals surface area contributed by atoms with E-state index in [0.717, 1.165) is 13.1 Å². The lowest BCUT2D eigenvalue weighted by Crippen LogP contribution is -3.10. The number of aromatic nitrogens is 2. The minimum atomic E-state index is -0.398.